The van der Waals surface area contributed by atoms with E-state index in [1.807, 2.05) is 45.0 Å². The maximum atomic E-state index is 13.6. The topological polar surface area (TPSA) is 77.4 Å². The smallest absolute Gasteiger partial charge is 0.268 e. The maximum absolute atomic E-state index is 13.6. The molecule has 32 heavy (non-hydrogen) atoms. The molecule has 0 saturated heterocycles. The van der Waals surface area contributed by atoms with Crippen molar-refractivity contribution in [2.75, 3.05) is 11.9 Å². The Kier molecular flexibility index (Phi) is 5.70. The Balaban J connectivity index is 1.89. The third kappa shape index (κ3) is 4.08. The van der Waals surface area contributed by atoms with Crippen molar-refractivity contribution in [2.45, 2.75) is 33.6 Å². The summed E-state index contributed by atoms with van der Waals surface area (Å²) in [6.07, 6.45) is 2.41. The molecule has 1 heterocycles. The lowest BCUT2D eigenvalue weighted by molar-refractivity contribution is 0.0910. The molecule has 6 nitrogen and oxygen atoms in total. The van der Waals surface area contributed by atoms with Crippen LogP contribution >= 0.6 is 0 Å². The van der Waals surface area contributed by atoms with Gasteiger partial charge in [0.1, 0.15) is 11.3 Å². The molecule has 1 amide bonds. The summed E-state index contributed by atoms with van der Waals surface area (Å²) < 4.78 is 6.99. The number of benzene rings is 2. The minimum Gasteiger partial charge on any atom is -0.492 e. The molecule has 0 spiro atoms. The predicted molar refractivity (Wildman–Crippen MR) is 124 cm³/mol. The van der Waals surface area contributed by atoms with E-state index >= 15 is 0 Å². The molecular formula is C26H26N2O4. The van der Waals surface area contributed by atoms with Crippen LogP contribution in [0.5, 0.6) is 5.75 Å². The molecule has 0 radical (unpaired) electrons. The molecule has 0 bridgehead atoms. The van der Waals surface area contributed by atoms with Crippen LogP contribution in [0.2, 0.25) is 0 Å². The predicted octanol–water partition coefficient (Wildman–Crippen LogP) is 4.64. The summed E-state index contributed by atoms with van der Waals surface area (Å²) in [5.41, 5.74) is 1.22. The highest BCUT2D eigenvalue weighted by Crippen LogP contribution is 2.36. The summed E-state index contributed by atoms with van der Waals surface area (Å²) >= 11 is 0. The molecule has 1 N–H and O–H groups in total. The SMILES string of the molecule is CCOc1ccccc1NC(=O)c1c2c(cn(-c3ccccc3)c1=O)C(=O)CC(C)(C)C2. The van der Waals surface area contributed by atoms with Crippen LogP contribution in [0.4, 0.5) is 5.69 Å². The van der Waals surface area contributed by atoms with Gasteiger partial charge in [0.2, 0.25) is 0 Å². The number of rotatable bonds is 5. The molecule has 3 aromatic rings. The molecule has 0 unspecified atom stereocenters. The van der Waals surface area contributed by atoms with E-state index in [1.165, 1.54) is 4.57 Å². The highest BCUT2D eigenvalue weighted by molar-refractivity contribution is 6.09. The van der Waals surface area contributed by atoms with Crippen LogP contribution < -0.4 is 15.6 Å². The Bertz CT molecular complexity index is 1240. The fourth-order valence-electron chi connectivity index (χ4n) is 4.20. The zero-order chi connectivity index (χ0) is 22.9. The number of nitrogens with one attached hydrogen (secondary N) is 1. The van der Waals surface area contributed by atoms with E-state index in [9.17, 15) is 14.4 Å². The van der Waals surface area contributed by atoms with Gasteiger partial charge in [-0.1, -0.05) is 44.2 Å². The third-order valence-electron chi connectivity index (χ3n) is 5.61. The highest BCUT2D eigenvalue weighted by Gasteiger charge is 2.36. The number of para-hydroxylation sites is 3. The summed E-state index contributed by atoms with van der Waals surface area (Å²) in [4.78, 5) is 40.0. The van der Waals surface area contributed by atoms with Crippen LogP contribution in [0.3, 0.4) is 0 Å². The first kappa shape index (κ1) is 21.6. The first-order valence-corrected chi connectivity index (χ1v) is 10.7. The number of hydrogen-bond acceptors (Lipinski definition) is 4. The van der Waals surface area contributed by atoms with Crippen molar-refractivity contribution in [1.82, 2.24) is 4.57 Å². The number of nitrogens with zero attached hydrogens (tertiary/aromatic N) is 1. The third-order valence-corrected chi connectivity index (χ3v) is 5.61. The summed E-state index contributed by atoms with van der Waals surface area (Å²) in [6, 6.07) is 16.1. The van der Waals surface area contributed by atoms with Crippen LogP contribution in [-0.4, -0.2) is 22.9 Å². The van der Waals surface area contributed by atoms with Gasteiger partial charge >= 0.3 is 0 Å². The zero-order valence-electron chi connectivity index (χ0n) is 18.5. The minimum atomic E-state index is -0.547. The Morgan fingerprint density at radius 3 is 2.44 bits per heavy atom. The molecule has 1 aliphatic rings. The van der Waals surface area contributed by atoms with Gasteiger partial charge in [0.15, 0.2) is 5.78 Å². The Hall–Kier alpha value is -3.67. The summed E-state index contributed by atoms with van der Waals surface area (Å²) in [6.45, 7) is 6.25. The van der Waals surface area contributed by atoms with Crippen molar-refractivity contribution in [2.24, 2.45) is 5.41 Å². The van der Waals surface area contributed by atoms with Gasteiger partial charge in [-0.2, -0.15) is 0 Å². The van der Waals surface area contributed by atoms with Crippen LogP contribution in [-0.2, 0) is 6.42 Å². The zero-order valence-corrected chi connectivity index (χ0v) is 18.5. The molecule has 0 atom stereocenters. The minimum absolute atomic E-state index is 0.00113. The summed E-state index contributed by atoms with van der Waals surface area (Å²) in [5.74, 6) is -0.0909. The second-order valence-electron chi connectivity index (χ2n) is 8.73. The molecule has 0 aliphatic heterocycles. The second-order valence-corrected chi connectivity index (χ2v) is 8.73. The van der Waals surface area contributed by atoms with Crippen LogP contribution in [0.1, 0.15) is 53.5 Å². The molecule has 2 aromatic carbocycles. The number of anilines is 1. The first-order chi connectivity index (χ1) is 15.3. The number of pyridine rings is 1. The average molecular weight is 431 g/mol. The van der Waals surface area contributed by atoms with E-state index in [0.717, 1.165) is 0 Å². The quantitative estimate of drug-likeness (QED) is 0.640. The number of ketones is 1. The fraction of sp³-hybridized carbons (Fsp3) is 0.269. The summed E-state index contributed by atoms with van der Waals surface area (Å²) in [7, 11) is 0. The van der Waals surface area contributed by atoms with E-state index in [4.69, 9.17) is 4.74 Å². The van der Waals surface area contributed by atoms with Gasteiger partial charge in [-0.05, 0) is 48.6 Å². The van der Waals surface area contributed by atoms with E-state index in [1.54, 1.807) is 36.5 Å². The monoisotopic (exact) mass is 430 g/mol. The van der Waals surface area contributed by atoms with Crippen LogP contribution in [0, 0.1) is 5.41 Å². The largest absolute Gasteiger partial charge is 0.492 e. The molecule has 164 valence electrons. The molecule has 1 aliphatic carbocycles. The van der Waals surface area contributed by atoms with Gasteiger partial charge in [-0.15, -0.1) is 0 Å². The highest BCUT2D eigenvalue weighted by atomic mass is 16.5. The van der Waals surface area contributed by atoms with E-state index < -0.39 is 11.5 Å². The standard InChI is InChI=1S/C26H26N2O4/c1-4-32-22-13-9-8-12-20(22)27-24(30)23-18-14-26(2,3)15-21(29)19(18)16-28(25(23)31)17-10-6-5-7-11-17/h5-13,16H,4,14-15H2,1-3H3,(H,27,30). The number of fused-ring (bicyclic) bond motifs is 1. The van der Waals surface area contributed by atoms with E-state index in [2.05, 4.69) is 5.32 Å². The van der Waals surface area contributed by atoms with Crippen molar-refractivity contribution < 1.29 is 14.3 Å². The van der Waals surface area contributed by atoms with Crippen molar-refractivity contribution in [1.29, 1.82) is 0 Å². The lowest BCUT2D eigenvalue weighted by Crippen LogP contribution is -2.37. The number of ether oxygens (including phenoxy) is 1. The number of hydrogen-bond donors (Lipinski definition) is 1. The van der Waals surface area contributed by atoms with Crippen molar-refractivity contribution in [3.63, 3.8) is 0 Å². The van der Waals surface area contributed by atoms with Gasteiger partial charge in [0.25, 0.3) is 11.5 Å². The molecule has 0 fully saturated rings. The number of carbonyl (C=O) groups excluding carboxylic acids is 2. The first-order valence-electron chi connectivity index (χ1n) is 10.7. The van der Waals surface area contributed by atoms with Gasteiger partial charge < -0.3 is 10.1 Å². The lowest BCUT2D eigenvalue weighted by atomic mass is 9.73. The second kappa shape index (κ2) is 8.46. The fourth-order valence-corrected chi connectivity index (χ4v) is 4.20. The van der Waals surface area contributed by atoms with Gasteiger partial charge in [0, 0.05) is 23.9 Å². The van der Waals surface area contributed by atoms with Crippen molar-refractivity contribution >= 4 is 17.4 Å². The van der Waals surface area contributed by atoms with E-state index in [-0.39, 0.29) is 16.8 Å². The molecule has 0 saturated carbocycles. The Morgan fingerprint density at radius 2 is 1.72 bits per heavy atom. The van der Waals surface area contributed by atoms with Gasteiger partial charge in [-0.25, -0.2) is 0 Å². The average Bonchev–Trinajstić information content (AvgIpc) is 2.75. The van der Waals surface area contributed by atoms with Crippen LogP contribution in [0.15, 0.2) is 65.6 Å². The number of carbonyl (C=O) groups is 2. The molecular weight excluding hydrogens is 404 g/mol. The molecule has 6 heteroatoms. The van der Waals surface area contributed by atoms with Crippen molar-refractivity contribution in [3.8, 4) is 11.4 Å². The number of amides is 1. The number of Topliss-reactive ketones (excluding diaryl/α,β-unsaturated/α-hetero) is 1. The van der Waals surface area contributed by atoms with Crippen molar-refractivity contribution in [3.05, 3.63) is 87.8 Å². The molecule has 4 rings (SSSR count). The van der Waals surface area contributed by atoms with E-state index in [0.29, 0.717) is 47.7 Å². The summed E-state index contributed by atoms with van der Waals surface area (Å²) in [5, 5.41) is 2.83. The van der Waals surface area contributed by atoms with Crippen LogP contribution in [0.25, 0.3) is 5.69 Å². The normalized spacial score (nSPS) is 14.5. The Morgan fingerprint density at radius 1 is 1.03 bits per heavy atom. The Labute approximate surface area is 186 Å². The van der Waals surface area contributed by atoms with Gasteiger partial charge in [-0.3, -0.25) is 19.0 Å². The number of aromatic nitrogens is 1. The molecule has 1 aromatic heterocycles. The lowest BCUT2D eigenvalue weighted by Gasteiger charge is -2.31. The van der Waals surface area contributed by atoms with Gasteiger partial charge in [0.05, 0.1) is 12.3 Å². The maximum Gasteiger partial charge on any atom is 0.268 e.